The number of nitrogens with one attached hydrogen (secondary N) is 1. The van der Waals surface area contributed by atoms with E-state index in [2.05, 4.69) is 45.6 Å². The molecular formula is C21H23N5O2. The summed E-state index contributed by atoms with van der Waals surface area (Å²) in [6.07, 6.45) is 0.392. The average Bonchev–Trinajstić information content (AvgIpc) is 3.35. The minimum atomic E-state index is -0.0745. The normalized spacial score (nSPS) is 23.6. The van der Waals surface area contributed by atoms with Gasteiger partial charge in [-0.05, 0) is 18.5 Å². The van der Waals surface area contributed by atoms with Crippen molar-refractivity contribution in [2.45, 2.75) is 18.4 Å². The molecule has 0 aliphatic carbocycles. The first-order valence-electron chi connectivity index (χ1n) is 9.73. The van der Waals surface area contributed by atoms with E-state index in [-0.39, 0.29) is 17.9 Å². The first kappa shape index (κ1) is 17.3. The Bertz CT molecular complexity index is 1010. The van der Waals surface area contributed by atoms with Gasteiger partial charge in [0, 0.05) is 38.0 Å². The van der Waals surface area contributed by atoms with E-state index in [1.165, 1.54) is 0 Å². The van der Waals surface area contributed by atoms with Crippen LogP contribution in [0.25, 0.3) is 10.8 Å². The van der Waals surface area contributed by atoms with Crippen LogP contribution in [-0.4, -0.2) is 54.2 Å². The monoisotopic (exact) mass is 377 g/mol. The molecule has 2 aliphatic rings. The molecule has 2 atom stereocenters. The third kappa shape index (κ3) is 2.96. The summed E-state index contributed by atoms with van der Waals surface area (Å²) >= 11 is 0. The van der Waals surface area contributed by atoms with Gasteiger partial charge in [0.15, 0.2) is 5.82 Å². The zero-order valence-corrected chi connectivity index (χ0v) is 15.8. The second-order valence-electron chi connectivity index (χ2n) is 7.60. The quantitative estimate of drug-likeness (QED) is 0.755. The molecule has 2 fully saturated rings. The fraction of sp³-hybridized carbons (Fsp3) is 0.381. The smallest absolute Gasteiger partial charge is 0.232 e. The number of piperazine rings is 1. The summed E-state index contributed by atoms with van der Waals surface area (Å²) in [5, 5.41) is 9.79. The summed E-state index contributed by atoms with van der Waals surface area (Å²) in [7, 11) is 2.07. The van der Waals surface area contributed by atoms with E-state index in [4.69, 9.17) is 4.52 Å². The Labute approximate surface area is 163 Å². The van der Waals surface area contributed by atoms with E-state index < -0.39 is 0 Å². The number of carbonyl (C=O) groups excluding carboxylic acids is 1. The van der Waals surface area contributed by atoms with Gasteiger partial charge in [-0.3, -0.25) is 9.69 Å². The van der Waals surface area contributed by atoms with Gasteiger partial charge >= 0.3 is 0 Å². The van der Waals surface area contributed by atoms with Crippen molar-refractivity contribution in [3.05, 3.63) is 54.2 Å². The number of hydrogen-bond acceptors (Lipinski definition) is 6. The SMILES string of the molecule is CN1CCNCC1c1noc(C2CC(=O)N(c3cccc4ccccc34)C2)n1. The lowest BCUT2D eigenvalue weighted by atomic mass is 10.1. The lowest BCUT2D eigenvalue weighted by Gasteiger charge is -2.30. The van der Waals surface area contributed by atoms with Crippen molar-refractivity contribution in [2.24, 2.45) is 0 Å². The van der Waals surface area contributed by atoms with Crippen LogP contribution in [0.15, 0.2) is 47.0 Å². The molecular weight excluding hydrogens is 354 g/mol. The van der Waals surface area contributed by atoms with E-state index in [9.17, 15) is 4.79 Å². The number of fused-ring (bicyclic) bond motifs is 1. The number of anilines is 1. The molecule has 3 aromatic rings. The minimum absolute atomic E-state index is 0.0745. The summed E-state index contributed by atoms with van der Waals surface area (Å²) in [6, 6.07) is 14.3. The average molecular weight is 377 g/mol. The zero-order valence-electron chi connectivity index (χ0n) is 15.8. The van der Waals surface area contributed by atoms with E-state index in [1.807, 2.05) is 29.2 Å². The van der Waals surface area contributed by atoms with Gasteiger partial charge < -0.3 is 14.7 Å². The molecule has 2 saturated heterocycles. The molecule has 7 heteroatoms. The van der Waals surface area contributed by atoms with Crippen molar-refractivity contribution in [3.8, 4) is 0 Å². The first-order valence-corrected chi connectivity index (χ1v) is 9.73. The molecule has 2 aromatic carbocycles. The molecule has 2 aliphatic heterocycles. The van der Waals surface area contributed by atoms with Crippen LogP contribution in [0.3, 0.4) is 0 Å². The molecule has 1 aromatic heterocycles. The molecule has 2 unspecified atom stereocenters. The van der Waals surface area contributed by atoms with Gasteiger partial charge in [-0.1, -0.05) is 41.6 Å². The fourth-order valence-corrected chi connectivity index (χ4v) is 4.19. The number of amides is 1. The maximum Gasteiger partial charge on any atom is 0.232 e. The number of rotatable bonds is 3. The van der Waals surface area contributed by atoms with Crippen molar-refractivity contribution in [1.29, 1.82) is 0 Å². The summed E-state index contributed by atoms with van der Waals surface area (Å²) in [5.74, 6) is 1.28. The Kier molecular flexibility index (Phi) is 4.33. The third-order valence-corrected chi connectivity index (χ3v) is 5.80. The summed E-state index contributed by atoms with van der Waals surface area (Å²) in [5.41, 5.74) is 0.946. The van der Waals surface area contributed by atoms with Crippen molar-refractivity contribution in [2.75, 3.05) is 38.1 Å². The predicted molar refractivity (Wildman–Crippen MR) is 106 cm³/mol. The predicted octanol–water partition coefficient (Wildman–Crippen LogP) is 2.32. The topological polar surface area (TPSA) is 74.5 Å². The van der Waals surface area contributed by atoms with Gasteiger partial charge in [0.25, 0.3) is 0 Å². The Balaban J connectivity index is 1.40. The molecule has 144 valence electrons. The summed E-state index contributed by atoms with van der Waals surface area (Å²) in [6.45, 7) is 3.29. The Morgan fingerprint density at radius 1 is 1.18 bits per heavy atom. The summed E-state index contributed by atoms with van der Waals surface area (Å²) < 4.78 is 5.58. The molecule has 7 nitrogen and oxygen atoms in total. The van der Waals surface area contributed by atoms with Crippen molar-refractivity contribution < 1.29 is 9.32 Å². The number of benzene rings is 2. The minimum Gasteiger partial charge on any atom is -0.339 e. The van der Waals surface area contributed by atoms with Crippen molar-refractivity contribution in [3.63, 3.8) is 0 Å². The van der Waals surface area contributed by atoms with Gasteiger partial charge in [0.2, 0.25) is 11.8 Å². The molecule has 0 spiro atoms. The van der Waals surface area contributed by atoms with Crippen LogP contribution in [0.1, 0.15) is 30.1 Å². The number of hydrogen-bond donors (Lipinski definition) is 1. The van der Waals surface area contributed by atoms with Crippen LogP contribution >= 0.6 is 0 Å². The highest BCUT2D eigenvalue weighted by molar-refractivity contribution is 6.05. The molecule has 0 radical (unpaired) electrons. The number of carbonyl (C=O) groups is 1. The molecule has 5 rings (SSSR count). The van der Waals surface area contributed by atoms with Gasteiger partial charge in [-0.25, -0.2) is 0 Å². The maximum absolute atomic E-state index is 12.8. The third-order valence-electron chi connectivity index (χ3n) is 5.80. The number of aromatic nitrogens is 2. The second kappa shape index (κ2) is 7.00. The van der Waals surface area contributed by atoms with Crippen molar-refractivity contribution >= 4 is 22.4 Å². The standard InChI is InChI=1S/C21H23N5O2/c1-25-10-9-22-12-18(25)20-23-21(28-24-20)15-11-19(27)26(13-15)17-8-4-6-14-5-2-3-7-16(14)17/h2-8,15,18,22H,9-13H2,1H3. The van der Waals surface area contributed by atoms with E-state index >= 15 is 0 Å². The maximum atomic E-state index is 12.8. The highest BCUT2D eigenvalue weighted by Gasteiger charge is 2.36. The number of likely N-dealkylation sites (N-methyl/N-ethyl adjacent to an activating group) is 1. The molecule has 0 saturated carbocycles. The first-order chi connectivity index (χ1) is 13.7. The van der Waals surface area contributed by atoms with Crippen LogP contribution < -0.4 is 10.2 Å². The van der Waals surface area contributed by atoms with Crippen LogP contribution in [-0.2, 0) is 4.79 Å². The molecule has 28 heavy (non-hydrogen) atoms. The molecule has 1 N–H and O–H groups in total. The van der Waals surface area contributed by atoms with Crippen LogP contribution in [0, 0.1) is 0 Å². The van der Waals surface area contributed by atoms with E-state index in [0.717, 1.165) is 36.1 Å². The largest absolute Gasteiger partial charge is 0.339 e. The van der Waals surface area contributed by atoms with E-state index in [1.54, 1.807) is 0 Å². The van der Waals surface area contributed by atoms with Gasteiger partial charge in [0.1, 0.15) is 0 Å². The van der Waals surface area contributed by atoms with Crippen LogP contribution in [0.4, 0.5) is 5.69 Å². The lowest BCUT2D eigenvalue weighted by molar-refractivity contribution is -0.117. The Morgan fingerprint density at radius 3 is 2.93 bits per heavy atom. The number of nitrogens with zero attached hydrogens (tertiary/aromatic N) is 4. The Morgan fingerprint density at radius 2 is 2.04 bits per heavy atom. The van der Waals surface area contributed by atoms with E-state index in [0.29, 0.717) is 24.7 Å². The molecule has 0 bridgehead atoms. The van der Waals surface area contributed by atoms with Crippen LogP contribution in [0.5, 0.6) is 0 Å². The highest BCUT2D eigenvalue weighted by Crippen LogP contribution is 2.35. The second-order valence-corrected chi connectivity index (χ2v) is 7.60. The molecule has 1 amide bonds. The lowest BCUT2D eigenvalue weighted by Crippen LogP contribution is -2.44. The highest BCUT2D eigenvalue weighted by atomic mass is 16.5. The fourth-order valence-electron chi connectivity index (χ4n) is 4.19. The van der Waals surface area contributed by atoms with Gasteiger partial charge in [-0.2, -0.15) is 4.98 Å². The van der Waals surface area contributed by atoms with Gasteiger partial charge in [0.05, 0.1) is 17.6 Å². The summed E-state index contributed by atoms with van der Waals surface area (Å²) in [4.78, 5) is 21.5. The Hall–Kier alpha value is -2.77. The zero-order chi connectivity index (χ0) is 19.1. The van der Waals surface area contributed by atoms with Crippen LogP contribution in [0.2, 0.25) is 0 Å². The molecule has 3 heterocycles. The van der Waals surface area contributed by atoms with Crippen molar-refractivity contribution in [1.82, 2.24) is 20.4 Å². The van der Waals surface area contributed by atoms with Gasteiger partial charge in [-0.15, -0.1) is 0 Å².